The minimum atomic E-state index is -0.180. The van der Waals surface area contributed by atoms with Crippen LogP contribution >= 0.6 is 0 Å². The van der Waals surface area contributed by atoms with Crippen molar-refractivity contribution in [1.29, 1.82) is 5.26 Å². The molecule has 0 fully saturated rings. The van der Waals surface area contributed by atoms with Gasteiger partial charge < -0.3 is 25.8 Å². The summed E-state index contributed by atoms with van der Waals surface area (Å²) in [7, 11) is 7.61. The predicted octanol–water partition coefficient (Wildman–Crippen LogP) is 3.61. The third kappa shape index (κ3) is 7.59. The molecular formula is C25H38N8O. The summed E-state index contributed by atoms with van der Waals surface area (Å²) in [6.45, 7) is 10.7. The van der Waals surface area contributed by atoms with Crippen molar-refractivity contribution in [2.45, 2.75) is 34.1 Å². The summed E-state index contributed by atoms with van der Waals surface area (Å²) in [6.07, 6.45) is 0.930. The number of carbonyl (C=O) groups is 1. The van der Waals surface area contributed by atoms with Crippen LogP contribution in [0.2, 0.25) is 0 Å². The molecule has 2 rings (SSSR count). The quantitative estimate of drug-likeness (QED) is 0.456. The summed E-state index contributed by atoms with van der Waals surface area (Å²) in [4.78, 5) is 25.6. The van der Waals surface area contributed by atoms with Gasteiger partial charge in [-0.2, -0.15) is 15.2 Å². The number of aryl methyl sites for hydroxylation is 1. The summed E-state index contributed by atoms with van der Waals surface area (Å²) in [6, 6.07) is 7.69. The minimum Gasteiger partial charge on any atom is -0.358 e. The van der Waals surface area contributed by atoms with Crippen molar-refractivity contribution in [3.05, 3.63) is 34.9 Å². The summed E-state index contributed by atoms with van der Waals surface area (Å²) < 4.78 is 0. The largest absolute Gasteiger partial charge is 0.358 e. The summed E-state index contributed by atoms with van der Waals surface area (Å²) in [5, 5.41) is 19.3. The van der Waals surface area contributed by atoms with Gasteiger partial charge in [0.25, 0.3) is 5.91 Å². The molecule has 0 aliphatic rings. The van der Waals surface area contributed by atoms with Gasteiger partial charge in [-0.05, 0) is 57.1 Å². The van der Waals surface area contributed by atoms with Crippen LogP contribution in [0.3, 0.4) is 0 Å². The molecule has 0 saturated heterocycles. The average molecular weight is 467 g/mol. The SMILES string of the molecule is CNC(=O)c1ccc(C)c(Nc2nc(NCCCN(C)C)nc(N(C)CC(C)(C)C)c2C#N)c1. The number of nitrogens with one attached hydrogen (secondary N) is 3. The van der Waals surface area contributed by atoms with Crippen molar-refractivity contribution >= 4 is 29.2 Å². The monoisotopic (exact) mass is 466 g/mol. The lowest BCUT2D eigenvalue weighted by Crippen LogP contribution is -2.31. The lowest BCUT2D eigenvalue weighted by molar-refractivity contribution is 0.0963. The van der Waals surface area contributed by atoms with Crippen molar-refractivity contribution < 1.29 is 4.79 Å². The van der Waals surface area contributed by atoms with Gasteiger partial charge in [-0.25, -0.2) is 0 Å². The van der Waals surface area contributed by atoms with Gasteiger partial charge in [0.2, 0.25) is 5.95 Å². The van der Waals surface area contributed by atoms with Crippen LogP contribution in [-0.2, 0) is 0 Å². The molecule has 184 valence electrons. The molecule has 1 aromatic heterocycles. The van der Waals surface area contributed by atoms with Gasteiger partial charge in [0.1, 0.15) is 11.6 Å². The fourth-order valence-corrected chi connectivity index (χ4v) is 3.55. The predicted molar refractivity (Wildman–Crippen MR) is 139 cm³/mol. The molecule has 0 aliphatic heterocycles. The number of amides is 1. The van der Waals surface area contributed by atoms with Crippen LogP contribution in [-0.4, -0.2) is 68.6 Å². The smallest absolute Gasteiger partial charge is 0.251 e. The highest BCUT2D eigenvalue weighted by Crippen LogP contribution is 2.30. The number of anilines is 4. The van der Waals surface area contributed by atoms with Crippen molar-refractivity contribution in [2.75, 3.05) is 63.4 Å². The Morgan fingerprint density at radius 1 is 1.18 bits per heavy atom. The van der Waals surface area contributed by atoms with E-state index in [9.17, 15) is 10.1 Å². The Bertz CT molecular complexity index is 1040. The molecule has 1 amide bonds. The summed E-state index contributed by atoms with van der Waals surface area (Å²) >= 11 is 0. The zero-order valence-corrected chi connectivity index (χ0v) is 21.7. The van der Waals surface area contributed by atoms with E-state index in [4.69, 9.17) is 4.98 Å². The van der Waals surface area contributed by atoms with Crippen LogP contribution < -0.4 is 20.9 Å². The van der Waals surface area contributed by atoms with E-state index in [1.54, 1.807) is 19.2 Å². The fraction of sp³-hybridized carbons (Fsp3) is 0.520. The number of carbonyl (C=O) groups excluding carboxylic acids is 1. The van der Waals surface area contributed by atoms with Gasteiger partial charge in [-0.15, -0.1) is 0 Å². The number of benzene rings is 1. The number of hydrogen-bond donors (Lipinski definition) is 3. The first-order chi connectivity index (χ1) is 15.9. The zero-order valence-electron chi connectivity index (χ0n) is 21.7. The van der Waals surface area contributed by atoms with Gasteiger partial charge in [-0.3, -0.25) is 4.79 Å². The van der Waals surface area contributed by atoms with E-state index in [1.165, 1.54) is 0 Å². The Labute approximate surface area is 203 Å². The van der Waals surface area contributed by atoms with Crippen LogP contribution in [0.15, 0.2) is 18.2 Å². The standard InChI is InChI=1S/C25H38N8O/c1-17-10-11-18(23(34)27-5)14-20(17)29-21-19(15-26)22(33(8)16-25(2,3)4)31-24(30-21)28-12-9-13-32(6)7/h10-11,14H,9,12-13,16H2,1-8H3,(H,27,34)(H2,28,29,30,31). The van der Waals surface area contributed by atoms with E-state index in [1.807, 2.05) is 39.0 Å². The third-order valence-electron chi connectivity index (χ3n) is 5.12. The number of nitriles is 1. The lowest BCUT2D eigenvalue weighted by atomic mass is 9.96. The highest BCUT2D eigenvalue weighted by Gasteiger charge is 2.22. The highest BCUT2D eigenvalue weighted by atomic mass is 16.1. The van der Waals surface area contributed by atoms with Crippen LogP contribution in [0.4, 0.5) is 23.3 Å². The first kappa shape index (κ1) is 26.9. The average Bonchev–Trinajstić information content (AvgIpc) is 2.76. The molecule has 2 aromatic rings. The summed E-state index contributed by atoms with van der Waals surface area (Å²) in [5.74, 6) is 1.24. The second-order valence-electron chi connectivity index (χ2n) is 9.94. The van der Waals surface area contributed by atoms with Crippen LogP contribution in [0.1, 0.15) is 48.7 Å². The first-order valence-corrected chi connectivity index (χ1v) is 11.5. The summed E-state index contributed by atoms with van der Waals surface area (Å²) in [5.41, 5.74) is 2.53. The maximum atomic E-state index is 12.1. The number of hydrogen-bond acceptors (Lipinski definition) is 8. The molecule has 0 atom stereocenters. The van der Waals surface area contributed by atoms with Crippen LogP contribution in [0.25, 0.3) is 0 Å². The van der Waals surface area contributed by atoms with Crippen molar-refractivity contribution in [2.24, 2.45) is 5.41 Å². The fourth-order valence-electron chi connectivity index (χ4n) is 3.55. The Morgan fingerprint density at radius 3 is 2.47 bits per heavy atom. The van der Waals surface area contributed by atoms with Gasteiger partial charge in [-0.1, -0.05) is 26.8 Å². The van der Waals surface area contributed by atoms with Crippen LogP contribution in [0, 0.1) is 23.7 Å². The maximum absolute atomic E-state index is 12.1. The van der Waals surface area contributed by atoms with Crippen LogP contribution in [0.5, 0.6) is 0 Å². The van der Waals surface area contributed by atoms with Gasteiger partial charge in [0, 0.05) is 38.4 Å². The molecule has 0 saturated carbocycles. The maximum Gasteiger partial charge on any atom is 0.251 e. The number of aromatic nitrogens is 2. The second-order valence-corrected chi connectivity index (χ2v) is 9.94. The third-order valence-corrected chi connectivity index (χ3v) is 5.12. The van der Waals surface area contributed by atoms with E-state index >= 15 is 0 Å². The van der Waals surface area contributed by atoms with Crippen molar-refractivity contribution in [3.63, 3.8) is 0 Å². The second kappa shape index (κ2) is 11.7. The Kier molecular flexibility index (Phi) is 9.21. The van der Waals surface area contributed by atoms with E-state index in [0.29, 0.717) is 47.5 Å². The molecule has 9 heteroatoms. The normalized spacial score (nSPS) is 11.2. The Balaban J connectivity index is 2.50. The Hall–Kier alpha value is -3.38. The minimum absolute atomic E-state index is 0.0117. The first-order valence-electron chi connectivity index (χ1n) is 11.5. The molecule has 1 heterocycles. The molecule has 0 spiro atoms. The van der Waals surface area contributed by atoms with E-state index < -0.39 is 0 Å². The lowest BCUT2D eigenvalue weighted by Gasteiger charge is -2.28. The molecular weight excluding hydrogens is 428 g/mol. The van der Waals surface area contributed by atoms with Crippen molar-refractivity contribution in [1.82, 2.24) is 20.2 Å². The molecule has 0 bridgehead atoms. The van der Waals surface area contributed by atoms with Gasteiger partial charge in [0.15, 0.2) is 11.6 Å². The van der Waals surface area contributed by atoms with Crippen molar-refractivity contribution in [3.8, 4) is 6.07 Å². The number of rotatable bonds is 10. The zero-order chi connectivity index (χ0) is 25.5. The highest BCUT2D eigenvalue weighted by molar-refractivity contribution is 5.95. The van der Waals surface area contributed by atoms with Gasteiger partial charge >= 0.3 is 0 Å². The topological polar surface area (TPSA) is 109 Å². The van der Waals surface area contributed by atoms with Gasteiger partial charge in [0.05, 0.1) is 0 Å². The molecule has 9 nitrogen and oxygen atoms in total. The number of nitrogens with zero attached hydrogens (tertiary/aromatic N) is 5. The molecule has 0 aliphatic carbocycles. The molecule has 0 unspecified atom stereocenters. The van der Waals surface area contributed by atoms with E-state index in [0.717, 1.165) is 18.5 Å². The molecule has 1 aromatic carbocycles. The van der Waals surface area contributed by atoms with E-state index in [-0.39, 0.29) is 11.3 Å². The molecule has 0 radical (unpaired) electrons. The van der Waals surface area contributed by atoms with E-state index in [2.05, 4.69) is 52.7 Å². The Morgan fingerprint density at radius 2 is 1.88 bits per heavy atom. The molecule has 3 N–H and O–H groups in total. The molecule has 34 heavy (non-hydrogen) atoms.